The minimum atomic E-state index is 0.294. The van der Waals surface area contributed by atoms with Crippen LogP contribution >= 0.6 is 0 Å². The first-order valence-corrected chi connectivity index (χ1v) is 7.09. The average molecular weight is 246 g/mol. The van der Waals surface area contributed by atoms with E-state index >= 15 is 0 Å². The van der Waals surface area contributed by atoms with Gasteiger partial charge in [0, 0.05) is 6.04 Å². The molecule has 2 saturated carbocycles. The molecular weight excluding hydrogens is 224 g/mol. The van der Waals surface area contributed by atoms with Crippen LogP contribution in [-0.2, 0) is 0 Å². The Bertz CT molecular complexity index is 380. The van der Waals surface area contributed by atoms with Gasteiger partial charge in [-0.1, -0.05) is 25.0 Å². The van der Waals surface area contributed by atoms with Gasteiger partial charge in [0.25, 0.3) is 0 Å². The van der Waals surface area contributed by atoms with Crippen molar-refractivity contribution in [3.8, 4) is 5.75 Å². The Morgan fingerprint density at radius 1 is 1.06 bits per heavy atom. The summed E-state index contributed by atoms with van der Waals surface area (Å²) in [4.78, 5) is 0. The summed E-state index contributed by atoms with van der Waals surface area (Å²) < 4.78 is 5.77. The van der Waals surface area contributed by atoms with Crippen LogP contribution in [0.15, 0.2) is 24.3 Å². The van der Waals surface area contributed by atoms with Gasteiger partial charge >= 0.3 is 0 Å². The summed E-state index contributed by atoms with van der Waals surface area (Å²) in [5.41, 5.74) is 4.28. The van der Waals surface area contributed by atoms with Gasteiger partial charge in [0.05, 0.1) is 6.10 Å². The summed E-state index contributed by atoms with van der Waals surface area (Å²) in [5, 5.41) is 0. The van der Waals surface area contributed by atoms with E-state index in [-0.39, 0.29) is 0 Å². The van der Waals surface area contributed by atoms with Crippen molar-refractivity contribution in [3.05, 3.63) is 29.8 Å². The van der Waals surface area contributed by atoms with E-state index in [2.05, 4.69) is 29.7 Å². The predicted molar refractivity (Wildman–Crippen MR) is 72.1 cm³/mol. The Morgan fingerprint density at radius 3 is 2.28 bits per heavy atom. The highest BCUT2D eigenvalue weighted by Crippen LogP contribution is 2.36. The van der Waals surface area contributed by atoms with Crippen LogP contribution in [-0.4, -0.2) is 6.10 Å². The van der Waals surface area contributed by atoms with Crippen molar-refractivity contribution in [2.45, 2.75) is 50.7 Å². The van der Waals surface area contributed by atoms with Gasteiger partial charge in [-0.05, 0) is 49.3 Å². The van der Waals surface area contributed by atoms with Crippen molar-refractivity contribution < 1.29 is 4.74 Å². The maximum Gasteiger partial charge on any atom is 0.119 e. The second kappa shape index (κ2) is 5.29. The van der Waals surface area contributed by atoms with E-state index in [0.29, 0.717) is 18.1 Å². The maximum atomic E-state index is 5.77. The first kappa shape index (κ1) is 12.0. The summed E-state index contributed by atoms with van der Waals surface area (Å²) in [6, 6.07) is 8.75. The molecule has 2 aliphatic carbocycles. The zero-order valence-corrected chi connectivity index (χ0v) is 10.8. The molecule has 0 aliphatic heterocycles. The minimum Gasteiger partial charge on any atom is -0.490 e. The lowest BCUT2D eigenvalue weighted by atomic mass is 9.92. The Hall–Kier alpha value is -1.06. The second-order valence-electron chi connectivity index (χ2n) is 5.58. The van der Waals surface area contributed by atoms with Crippen LogP contribution in [0.1, 0.15) is 50.1 Å². The summed E-state index contributed by atoms with van der Waals surface area (Å²) in [6.45, 7) is 0. The smallest absolute Gasteiger partial charge is 0.119 e. The fraction of sp³-hybridized carbons (Fsp3) is 0.600. The number of hydrogen-bond donors (Lipinski definition) is 2. The van der Waals surface area contributed by atoms with E-state index in [0.717, 1.165) is 5.75 Å². The first-order chi connectivity index (χ1) is 8.86. The molecular formula is C15H22N2O. The van der Waals surface area contributed by atoms with Gasteiger partial charge < -0.3 is 4.74 Å². The Kier molecular flexibility index (Phi) is 3.52. The van der Waals surface area contributed by atoms with Crippen LogP contribution in [0, 0.1) is 5.92 Å². The average Bonchev–Trinajstić information content (AvgIpc) is 3.05. The highest BCUT2D eigenvalue weighted by molar-refractivity contribution is 5.30. The number of nitrogens with two attached hydrogens (primary N) is 1. The first-order valence-electron chi connectivity index (χ1n) is 7.09. The Balaban J connectivity index is 1.68. The van der Waals surface area contributed by atoms with Crippen LogP contribution in [0.4, 0.5) is 0 Å². The van der Waals surface area contributed by atoms with E-state index in [9.17, 15) is 0 Å². The van der Waals surface area contributed by atoms with Gasteiger partial charge in [-0.2, -0.15) is 0 Å². The van der Waals surface area contributed by atoms with Crippen molar-refractivity contribution in [1.29, 1.82) is 0 Å². The summed E-state index contributed by atoms with van der Waals surface area (Å²) >= 11 is 0. The third-order valence-electron chi connectivity index (χ3n) is 4.12. The number of benzene rings is 1. The maximum absolute atomic E-state index is 5.77. The van der Waals surface area contributed by atoms with Crippen molar-refractivity contribution >= 4 is 0 Å². The molecule has 0 aromatic heterocycles. The highest BCUT2D eigenvalue weighted by Gasteiger charge is 2.26. The molecule has 3 heteroatoms. The second-order valence-corrected chi connectivity index (χ2v) is 5.58. The van der Waals surface area contributed by atoms with Gasteiger partial charge in [0.1, 0.15) is 5.75 Å². The molecule has 3 rings (SSSR count). The lowest BCUT2D eigenvalue weighted by Gasteiger charge is -2.23. The van der Waals surface area contributed by atoms with E-state index in [1.165, 1.54) is 44.1 Å². The molecule has 2 aliphatic rings. The molecule has 0 radical (unpaired) electrons. The third-order valence-corrected chi connectivity index (χ3v) is 4.12. The molecule has 98 valence electrons. The fourth-order valence-electron chi connectivity index (χ4n) is 2.93. The normalized spacial score (nSPS) is 22.1. The Labute approximate surface area is 109 Å². The van der Waals surface area contributed by atoms with Crippen molar-refractivity contribution in [2.75, 3.05) is 0 Å². The molecule has 1 atom stereocenters. The lowest BCUT2D eigenvalue weighted by Crippen LogP contribution is -2.32. The number of ether oxygens (including phenoxy) is 1. The molecule has 1 aromatic carbocycles. The van der Waals surface area contributed by atoms with Crippen molar-refractivity contribution in [2.24, 2.45) is 11.8 Å². The van der Waals surface area contributed by atoms with E-state index < -0.39 is 0 Å². The van der Waals surface area contributed by atoms with Crippen LogP contribution < -0.4 is 16.0 Å². The van der Waals surface area contributed by atoms with Gasteiger partial charge in [-0.3, -0.25) is 11.3 Å². The van der Waals surface area contributed by atoms with Crippen LogP contribution in [0.3, 0.4) is 0 Å². The van der Waals surface area contributed by atoms with Gasteiger partial charge in [0.2, 0.25) is 0 Å². The zero-order chi connectivity index (χ0) is 12.4. The molecule has 0 heterocycles. The van der Waals surface area contributed by atoms with Crippen LogP contribution in [0.5, 0.6) is 5.75 Å². The van der Waals surface area contributed by atoms with E-state index in [1.54, 1.807) is 0 Å². The number of hydrogen-bond acceptors (Lipinski definition) is 3. The quantitative estimate of drug-likeness (QED) is 0.620. The molecule has 18 heavy (non-hydrogen) atoms. The molecule has 3 nitrogen and oxygen atoms in total. The SMILES string of the molecule is NNC(c1ccc(OC2CC2)cc1)C1CCCC1. The summed E-state index contributed by atoms with van der Waals surface area (Å²) in [7, 11) is 0. The van der Waals surface area contributed by atoms with Gasteiger partial charge in [0.15, 0.2) is 0 Å². The number of hydrazine groups is 1. The third kappa shape index (κ3) is 2.68. The molecule has 0 spiro atoms. The number of nitrogens with one attached hydrogen (secondary N) is 1. The standard InChI is InChI=1S/C15H22N2O/c16-17-15(11-3-1-2-4-11)12-5-7-13(8-6-12)18-14-9-10-14/h5-8,11,14-15,17H,1-4,9-10,16H2. The highest BCUT2D eigenvalue weighted by atomic mass is 16.5. The molecule has 1 aromatic rings. The predicted octanol–water partition coefficient (Wildman–Crippen LogP) is 2.92. The van der Waals surface area contributed by atoms with Crippen LogP contribution in [0.25, 0.3) is 0 Å². The topological polar surface area (TPSA) is 47.3 Å². The molecule has 0 bridgehead atoms. The fourth-order valence-corrected chi connectivity index (χ4v) is 2.93. The summed E-state index contributed by atoms with van der Waals surface area (Å²) in [6.07, 6.45) is 8.13. The largest absolute Gasteiger partial charge is 0.490 e. The van der Waals surface area contributed by atoms with E-state index in [4.69, 9.17) is 10.6 Å². The van der Waals surface area contributed by atoms with E-state index in [1.807, 2.05) is 0 Å². The molecule has 0 amide bonds. The lowest BCUT2D eigenvalue weighted by molar-refractivity contribution is 0.302. The number of rotatable bonds is 5. The molecule has 1 unspecified atom stereocenters. The monoisotopic (exact) mass is 246 g/mol. The van der Waals surface area contributed by atoms with Crippen molar-refractivity contribution in [1.82, 2.24) is 5.43 Å². The minimum absolute atomic E-state index is 0.294. The Morgan fingerprint density at radius 2 is 1.72 bits per heavy atom. The van der Waals surface area contributed by atoms with Crippen molar-refractivity contribution in [3.63, 3.8) is 0 Å². The molecule has 0 saturated heterocycles. The molecule has 2 fully saturated rings. The van der Waals surface area contributed by atoms with Gasteiger partial charge in [-0.25, -0.2) is 0 Å². The molecule has 3 N–H and O–H groups in total. The summed E-state index contributed by atoms with van der Waals surface area (Å²) in [5.74, 6) is 7.41. The van der Waals surface area contributed by atoms with Gasteiger partial charge in [-0.15, -0.1) is 0 Å². The van der Waals surface area contributed by atoms with Crippen LogP contribution in [0.2, 0.25) is 0 Å². The zero-order valence-electron chi connectivity index (χ0n) is 10.8.